The van der Waals surface area contributed by atoms with E-state index in [-0.39, 0.29) is 30.5 Å². The molecule has 0 aromatic heterocycles. The Kier molecular flexibility index (Phi) is 5.98. The Morgan fingerprint density at radius 3 is 2.67 bits per heavy atom. The van der Waals surface area contributed by atoms with Crippen LogP contribution in [0, 0.1) is 23.5 Å². The smallest absolute Gasteiger partial charge is 0.410 e. The van der Waals surface area contributed by atoms with Crippen molar-refractivity contribution in [2.75, 3.05) is 19.7 Å². The van der Waals surface area contributed by atoms with E-state index in [2.05, 4.69) is 6.92 Å². The number of benzene rings is 2. The largest absolute Gasteiger partial charge is 0.490 e. The first-order valence-corrected chi connectivity index (χ1v) is 12.0. The maximum absolute atomic E-state index is 15.2. The van der Waals surface area contributed by atoms with E-state index in [4.69, 9.17) is 21.1 Å². The summed E-state index contributed by atoms with van der Waals surface area (Å²) in [7, 11) is 0. The molecule has 2 heterocycles. The summed E-state index contributed by atoms with van der Waals surface area (Å²) in [6.45, 7) is 3.83. The first-order chi connectivity index (χ1) is 15.9. The van der Waals surface area contributed by atoms with E-state index < -0.39 is 17.0 Å². The molecule has 176 valence electrons. The van der Waals surface area contributed by atoms with E-state index in [9.17, 15) is 9.18 Å². The molecule has 2 aliphatic heterocycles. The molecular weight excluding hydrogens is 448 g/mol. The van der Waals surface area contributed by atoms with Crippen molar-refractivity contribution in [1.82, 2.24) is 4.90 Å². The predicted molar refractivity (Wildman–Crippen MR) is 122 cm³/mol. The Morgan fingerprint density at radius 1 is 1.18 bits per heavy atom. The zero-order valence-electron chi connectivity index (χ0n) is 18.7. The molecule has 4 atom stereocenters. The molecule has 1 saturated heterocycles. The molecule has 2 fully saturated rings. The van der Waals surface area contributed by atoms with Crippen molar-refractivity contribution in [2.45, 2.75) is 50.5 Å². The molecular formula is C26H28ClF2NO3. The lowest BCUT2D eigenvalue weighted by atomic mass is 9.58. The van der Waals surface area contributed by atoms with Gasteiger partial charge in [0.05, 0.1) is 6.61 Å². The minimum absolute atomic E-state index is 0.0155. The van der Waals surface area contributed by atoms with Crippen LogP contribution in [-0.4, -0.2) is 36.8 Å². The highest BCUT2D eigenvalue weighted by molar-refractivity contribution is 6.30. The summed E-state index contributed by atoms with van der Waals surface area (Å²) in [5.74, 6) is -0.608. The fourth-order valence-corrected chi connectivity index (χ4v) is 6.00. The SMILES string of the molecule is C[C@@H]1CCN(C(=O)O[C@@H]2CC[C@@]3(Cc4ccc(Cl)cc4)c4c(F)ccc(F)c4OC[C@H]3C2)C1. The van der Waals surface area contributed by atoms with Crippen LogP contribution in [0.15, 0.2) is 36.4 Å². The lowest BCUT2D eigenvalue weighted by Crippen LogP contribution is -2.50. The molecule has 7 heteroatoms. The summed E-state index contributed by atoms with van der Waals surface area (Å²) < 4.78 is 41.5. The van der Waals surface area contributed by atoms with Crippen molar-refractivity contribution < 1.29 is 23.0 Å². The summed E-state index contributed by atoms with van der Waals surface area (Å²) in [4.78, 5) is 14.4. The highest BCUT2D eigenvalue weighted by Crippen LogP contribution is 2.53. The average Bonchev–Trinajstić information content (AvgIpc) is 3.24. The van der Waals surface area contributed by atoms with Crippen LogP contribution in [0.25, 0.3) is 0 Å². The van der Waals surface area contributed by atoms with Crippen molar-refractivity contribution >= 4 is 17.7 Å². The van der Waals surface area contributed by atoms with E-state index in [1.807, 2.05) is 24.3 Å². The lowest BCUT2D eigenvalue weighted by Gasteiger charge is -2.50. The van der Waals surface area contributed by atoms with Crippen LogP contribution in [0.4, 0.5) is 13.6 Å². The number of rotatable bonds is 3. The van der Waals surface area contributed by atoms with Gasteiger partial charge in [0.25, 0.3) is 0 Å². The second-order valence-electron chi connectivity index (χ2n) is 9.82. The van der Waals surface area contributed by atoms with E-state index in [1.165, 1.54) is 6.07 Å². The van der Waals surface area contributed by atoms with Crippen molar-refractivity contribution in [3.63, 3.8) is 0 Å². The van der Waals surface area contributed by atoms with Gasteiger partial charge in [0.2, 0.25) is 0 Å². The second-order valence-corrected chi connectivity index (χ2v) is 10.3. The molecule has 0 N–H and O–H groups in total. The predicted octanol–water partition coefficient (Wildman–Crippen LogP) is 6.14. The molecule has 1 amide bonds. The van der Waals surface area contributed by atoms with Gasteiger partial charge in [0, 0.05) is 35.0 Å². The number of carbonyl (C=O) groups excluding carboxylic acids is 1. The number of hydrogen-bond acceptors (Lipinski definition) is 3. The van der Waals surface area contributed by atoms with Gasteiger partial charge in [0.15, 0.2) is 11.6 Å². The Hall–Kier alpha value is -2.34. The van der Waals surface area contributed by atoms with Crippen LogP contribution in [0.2, 0.25) is 5.02 Å². The molecule has 0 unspecified atom stereocenters. The topological polar surface area (TPSA) is 38.8 Å². The molecule has 0 bridgehead atoms. The summed E-state index contributed by atoms with van der Waals surface area (Å²) in [5, 5.41) is 0.629. The van der Waals surface area contributed by atoms with Gasteiger partial charge in [0.1, 0.15) is 11.9 Å². The van der Waals surface area contributed by atoms with Crippen molar-refractivity contribution in [1.29, 1.82) is 0 Å². The third kappa shape index (κ3) is 4.18. The number of likely N-dealkylation sites (tertiary alicyclic amines) is 1. The number of halogens is 3. The quantitative estimate of drug-likeness (QED) is 0.535. The van der Waals surface area contributed by atoms with Crippen molar-refractivity contribution in [3.05, 3.63) is 64.2 Å². The maximum atomic E-state index is 15.2. The molecule has 1 saturated carbocycles. The Bertz CT molecular complexity index is 1050. The van der Waals surface area contributed by atoms with E-state index in [1.54, 1.807) is 4.90 Å². The summed E-state index contributed by atoms with van der Waals surface area (Å²) in [5.41, 5.74) is 0.674. The number of nitrogens with zero attached hydrogens (tertiary/aromatic N) is 1. The van der Waals surface area contributed by atoms with Crippen molar-refractivity contribution in [3.8, 4) is 5.75 Å². The standard InChI is InChI=1S/C26H28ClF2NO3/c1-16-9-11-30(14-16)25(31)33-20-8-10-26(13-17-2-4-19(27)5-3-17)18(12-20)15-32-24-22(29)7-6-21(28)23(24)26/h2-7,16,18,20H,8-15H2,1H3/t16-,18-,20-,26+/m1/s1. The molecule has 2 aromatic carbocycles. The minimum Gasteiger partial charge on any atom is -0.490 e. The minimum atomic E-state index is -0.640. The van der Waals surface area contributed by atoms with E-state index in [0.29, 0.717) is 42.2 Å². The Labute approximate surface area is 197 Å². The zero-order chi connectivity index (χ0) is 23.2. The van der Waals surface area contributed by atoms with Gasteiger partial charge in [-0.05, 0) is 67.9 Å². The van der Waals surface area contributed by atoms with Gasteiger partial charge in [-0.1, -0.05) is 30.7 Å². The fourth-order valence-electron chi connectivity index (χ4n) is 5.87. The summed E-state index contributed by atoms with van der Waals surface area (Å²) in [6, 6.07) is 9.80. The molecule has 1 aliphatic carbocycles. The normalized spacial score (nSPS) is 28.6. The fraction of sp³-hybridized carbons (Fsp3) is 0.500. The van der Waals surface area contributed by atoms with Gasteiger partial charge >= 0.3 is 6.09 Å². The second kappa shape index (κ2) is 8.79. The summed E-state index contributed by atoms with van der Waals surface area (Å²) >= 11 is 6.07. The first-order valence-electron chi connectivity index (χ1n) is 11.7. The summed E-state index contributed by atoms with van der Waals surface area (Å²) in [6.07, 6.45) is 2.71. The number of amides is 1. The Morgan fingerprint density at radius 2 is 1.94 bits per heavy atom. The highest BCUT2D eigenvalue weighted by Gasteiger charge is 2.52. The highest BCUT2D eigenvalue weighted by atomic mass is 35.5. The molecule has 3 aliphatic rings. The zero-order valence-corrected chi connectivity index (χ0v) is 19.4. The van der Waals surface area contributed by atoms with Gasteiger partial charge in [-0.2, -0.15) is 0 Å². The monoisotopic (exact) mass is 475 g/mol. The van der Waals surface area contributed by atoms with Crippen LogP contribution in [0.3, 0.4) is 0 Å². The van der Waals surface area contributed by atoms with Crippen LogP contribution in [0.5, 0.6) is 5.75 Å². The molecule has 0 spiro atoms. The van der Waals surface area contributed by atoms with Gasteiger partial charge in [-0.3, -0.25) is 0 Å². The van der Waals surface area contributed by atoms with Crippen molar-refractivity contribution in [2.24, 2.45) is 11.8 Å². The number of ether oxygens (including phenoxy) is 2. The lowest BCUT2D eigenvalue weighted by molar-refractivity contribution is -0.0114. The third-order valence-corrected chi connectivity index (χ3v) is 7.86. The van der Waals surface area contributed by atoms with E-state index >= 15 is 4.39 Å². The number of carbonyl (C=O) groups is 1. The van der Waals surface area contributed by atoms with Gasteiger partial charge < -0.3 is 14.4 Å². The molecule has 5 rings (SSSR count). The maximum Gasteiger partial charge on any atom is 0.410 e. The van der Waals surface area contributed by atoms with E-state index in [0.717, 1.165) is 31.1 Å². The van der Waals surface area contributed by atoms with Crippen LogP contribution >= 0.6 is 11.6 Å². The Balaban J connectivity index is 1.44. The number of hydrogen-bond donors (Lipinski definition) is 0. The molecule has 2 aromatic rings. The molecule has 0 radical (unpaired) electrons. The van der Waals surface area contributed by atoms with Crippen LogP contribution in [-0.2, 0) is 16.6 Å². The average molecular weight is 476 g/mol. The molecule has 4 nitrogen and oxygen atoms in total. The number of fused-ring (bicyclic) bond motifs is 3. The third-order valence-electron chi connectivity index (χ3n) is 7.61. The molecule has 33 heavy (non-hydrogen) atoms. The van der Waals surface area contributed by atoms with Gasteiger partial charge in [-0.15, -0.1) is 0 Å². The van der Waals surface area contributed by atoms with Crippen LogP contribution < -0.4 is 4.74 Å². The first kappa shape index (κ1) is 22.5. The van der Waals surface area contributed by atoms with Crippen LogP contribution in [0.1, 0.15) is 43.7 Å². The van der Waals surface area contributed by atoms with Gasteiger partial charge in [-0.25, -0.2) is 13.6 Å².